The molecule has 3 aromatic rings. The molecule has 7 N–H and O–H groups in total. The molecule has 1 aromatic heterocycles. The number of hydrogen-bond donors (Lipinski definition) is 5. The largest absolute Gasteiger partial charge is 0.486 e. The number of hydrazine groups is 2. The highest BCUT2D eigenvalue weighted by Crippen LogP contribution is 2.39. The van der Waals surface area contributed by atoms with Crippen LogP contribution in [0.15, 0.2) is 48.5 Å². The number of aromatic nitrogens is 2. The Morgan fingerprint density at radius 2 is 1.48 bits per heavy atom. The maximum absolute atomic E-state index is 5.72. The van der Waals surface area contributed by atoms with Crippen molar-refractivity contribution in [2.45, 2.75) is 0 Å². The summed E-state index contributed by atoms with van der Waals surface area (Å²) >= 11 is 0. The van der Waals surface area contributed by atoms with Gasteiger partial charge < -0.3 is 25.6 Å². The number of benzene rings is 2. The van der Waals surface area contributed by atoms with Crippen LogP contribution in [0.5, 0.6) is 11.5 Å². The summed E-state index contributed by atoms with van der Waals surface area (Å²) in [6, 6.07) is 15.1. The second-order valence-electron chi connectivity index (χ2n) is 5.76. The average Bonchev–Trinajstić information content (AvgIpc) is 2.73. The summed E-state index contributed by atoms with van der Waals surface area (Å²) in [5, 5.41) is 3.12. The molecule has 0 atom stereocenters. The van der Waals surface area contributed by atoms with Crippen molar-refractivity contribution in [2.24, 2.45) is 11.7 Å². The van der Waals surface area contributed by atoms with Crippen LogP contribution >= 0.6 is 0 Å². The Hall–Kier alpha value is -3.56. The molecular formula is C18H19N7O2. The van der Waals surface area contributed by atoms with Gasteiger partial charge in [0.15, 0.2) is 23.1 Å². The second kappa shape index (κ2) is 7.36. The van der Waals surface area contributed by atoms with Crippen LogP contribution in [0, 0.1) is 0 Å². The SMILES string of the molecule is NNc1nc(Nc2ccccc2)nc(NN)c1-c1ccc2c(c1)OCCO2. The summed E-state index contributed by atoms with van der Waals surface area (Å²) < 4.78 is 11.2. The fourth-order valence-corrected chi connectivity index (χ4v) is 2.85. The van der Waals surface area contributed by atoms with Crippen molar-refractivity contribution in [1.29, 1.82) is 0 Å². The van der Waals surface area contributed by atoms with Gasteiger partial charge in [0, 0.05) is 5.69 Å². The lowest BCUT2D eigenvalue weighted by atomic mass is 10.1. The number of ether oxygens (including phenoxy) is 2. The van der Waals surface area contributed by atoms with E-state index in [0.717, 1.165) is 11.3 Å². The van der Waals surface area contributed by atoms with Gasteiger partial charge in [0.2, 0.25) is 5.95 Å². The Morgan fingerprint density at radius 3 is 2.15 bits per heavy atom. The summed E-state index contributed by atoms with van der Waals surface area (Å²) in [4.78, 5) is 8.92. The van der Waals surface area contributed by atoms with E-state index in [9.17, 15) is 0 Å². The predicted octanol–water partition coefficient (Wildman–Crippen LogP) is 2.23. The van der Waals surface area contributed by atoms with Crippen LogP contribution in [0.1, 0.15) is 0 Å². The third-order valence-electron chi connectivity index (χ3n) is 4.04. The summed E-state index contributed by atoms with van der Waals surface area (Å²) in [6.07, 6.45) is 0. The lowest BCUT2D eigenvalue weighted by Gasteiger charge is -2.20. The van der Waals surface area contributed by atoms with Gasteiger partial charge in [-0.2, -0.15) is 9.97 Å². The Balaban J connectivity index is 1.76. The van der Waals surface area contributed by atoms with Crippen LogP contribution in [0.25, 0.3) is 11.1 Å². The van der Waals surface area contributed by atoms with E-state index in [4.69, 9.17) is 21.2 Å². The van der Waals surface area contributed by atoms with E-state index in [2.05, 4.69) is 26.1 Å². The molecule has 1 aliphatic heterocycles. The number of nitrogen functional groups attached to an aromatic ring is 2. The first-order valence-corrected chi connectivity index (χ1v) is 8.36. The first-order valence-electron chi connectivity index (χ1n) is 8.36. The van der Waals surface area contributed by atoms with Gasteiger partial charge >= 0.3 is 0 Å². The van der Waals surface area contributed by atoms with E-state index in [1.807, 2.05) is 48.5 Å². The van der Waals surface area contributed by atoms with Gasteiger partial charge in [-0.25, -0.2) is 11.7 Å². The molecule has 1 aliphatic rings. The quantitative estimate of drug-likeness (QED) is 0.341. The molecule has 0 aliphatic carbocycles. The van der Waals surface area contributed by atoms with Crippen molar-refractivity contribution in [2.75, 3.05) is 29.4 Å². The molecule has 2 heterocycles. The van der Waals surface area contributed by atoms with E-state index in [0.29, 0.717) is 47.9 Å². The lowest BCUT2D eigenvalue weighted by Crippen LogP contribution is -2.17. The molecule has 0 spiro atoms. The predicted molar refractivity (Wildman–Crippen MR) is 104 cm³/mol. The second-order valence-corrected chi connectivity index (χ2v) is 5.76. The molecule has 9 nitrogen and oxygen atoms in total. The zero-order chi connectivity index (χ0) is 18.6. The zero-order valence-electron chi connectivity index (χ0n) is 14.4. The average molecular weight is 365 g/mol. The topological polar surface area (TPSA) is 132 Å². The number of anilines is 4. The van der Waals surface area contributed by atoms with Crippen LogP contribution in [0.2, 0.25) is 0 Å². The van der Waals surface area contributed by atoms with Crippen LogP contribution in [-0.4, -0.2) is 23.2 Å². The highest BCUT2D eigenvalue weighted by atomic mass is 16.6. The molecular weight excluding hydrogens is 346 g/mol. The van der Waals surface area contributed by atoms with Gasteiger partial charge in [0.25, 0.3) is 0 Å². The normalized spacial score (nSPS) is 12.4. The van der Waals surface area contributed by atoms with E-state index in [1.54, 1.807) is 0 Å². The van der Waals surface area contributed by atoms with Crippen molar-refractivity contribution in [1.82, 2.24) is 9.97 Å². The maximum Gasteiger partial charge on any atom is 0.231 e. The van der Waals surface area contributed by atoms with E-state index < -0.39 is 0 Å². The molecule has 138 valence electrons. The van der Waals surface area contributed by atoms with E-state index in [-0.39, 0.29) is 0 Å². The van der Waals surface area contributed by atoms with Crippen LogP contribution in [0.3, 0.4) is 0 Å². The molecule has 9 heteroatoms. The first kappa shape index (κ1) is 16.9. The van der Waals surface area contributed by atoms with Gasteiger partial charge in [-0.3, -0.25) is 0 Å². The first-order chi connectivity index (χ1) is 13.3. The lowest BCUT2D eigenvalue weighted by molar-refractivity contribution is 0.171. The van der Waals surface area contributed by atoms with Crippen molar-refractivity contribution in [3.63, 3.8) is 0 Å². The molecule has 2 aromatic carbocycles. The Labute approximate surface area is 155 Å². The van der Waals surface area contributed by atoms with Gasteiger partial charge in [-0.15, -0.1) is 0 Å². The summed E-state index contributed by atoms with van der Waals surface area (Å²) in [7, 11) is 0. The molecule has 0 radical (unpaired) electrons. The van der Waals surface area contributed by atoms with E-state index >= 15 is 0 Å². The van der Waals surface area contributed by atoms with Crippen molar-refractivity contribution < 1.29 is 9.47 Å². The number of nitrogens with two attached hydrogens (primary N) is 2. The minimum absolute atomic E-state index is 0.350. The number of nitrogens with one attached hydrogen (secondary N) is 3. The van der Waals surface area contributed by atoms with E-state index in [1.165, 1.54) is 0 Å². The highest BCUT2D eigenvalue weighted by molar-refractivity contribution is 5.86. The number of para-hydroxylation sites is 1. The van der Waals surface area contributed by atoms with Gasteiger partial charge in [0.05, 0.1) is 5.56 Å². The third kappa shape index (κ3) is 3.41. The maximum atomic E-state index is 5.72. The van der Waals surface area contributed by atoms with Gasteiger partial charge in [0.1, 0.15) is 13.2 Å². The number of nitrogens with zero attached hydrogens (tertiary/aromatic N) is 2. The van der Waals surface area contributed by atoms with Gasteiger partial charge in [-0.1, -0.05) is 24.3 Å². The molecule has 0 unspecified atom stereocenters. The molecule has 0 saturated carbocycles. The minimum Gasteiger partial charge on any atom is -0.486 e. The van der Waals surface area contributed by atoms with Crippen molar-refractivity contribution in [3.8, 4) is 22.6 Å². The van der Waals surface area contributed by atoms with Crippen LogP contribution in [-0.2, 0) is 0 Å². The van der Waals surface area contributed by atoms with Crippen molar-refractivity contribution >= 4 is 23.3 Å². The zero-order valence-corrected chi connectivity index (χ0v) is 14.4. The standard InChI is InChI=1S/C18H19N7O2/c19-24-16-15(11-6-7-13-14(10-11)27-9-8-26-13)17(25-20)23-18(22-16)21-12-4-2-1-3-5-12/h1-7,10H,8-9,19-20H2,(H3,21,22,23,24,25). The molecule has 4 rings (SSSR count). The Kier molecular flexibility index (Phi) is 4.60. The number of rotatable bonds is 5. The Bertz CT molecular complexity index is 925. The monoisotopic (exact) mass is 365 g/mol. The summed E-state index contributed by atoms with van der Waals surface area (Å²) in [5.41, 5.74) is 7.48. The summed E-state index contributed by atoms with van der Waals surface area (Å²) in [5.74, 6) is 14.0. The fraction of sp³-hybridized carbons (Fsp3) is 0.111. The highest BCUT2D eigenvalue weighted by Gasteiger charge is 2.19. The summed E-state index contributed by atoms with van der Waals surface area (Å²) in [6.45, 7) is 1.03. The molecule has 0 amide bonds. The smallest absolute Gasteiger partial charge is 0.231 e. The number of fused-ring (bicyclic) bond motifs is 1. The fourth-order valence-electron chi connectivity index (χ4n) is 2.85. The molecule has 0 bridgehead atoms. The van der Waals surface area contributed by atoms with Crippen LogP contribution in [0.4, 0.5) is 23.3 Å². The molecule has 0 saturated heterocycles. The van der Waals surface area contributed by atoms with Gasteiger partial charge in [-0.05, 0) is 29.8 Å². The Morgan fingerprint density at radius 1 is 0.815 bits per heavy atom. The third-order valence-corrected chi connectivity index (χ3v) is 4.04. The minimum atomic E-state index is 0.350. The van der Waals surface area contributed by atoms with Crippen molar-refractivity contribution in [3.05, 3.63) is 48.5 Å². The number of hydrogen-bond acceptors (Lipinski definition) is 9. The molecule has 27 heavy (non-hydrogen) atoms. The molecule has 0 fully saturated rings. The van der Waals surface area contributed by atoms with Crippen LogP contribution < -0.4 is 37.3 Å².